The number of hydrogen-bond donors (Lipinski definition) is 1. The van der Waals surface area contributed by atoms with E-state index in [-0.39, 0.29) is 10.8 Å². The van der Waals surface area contributed by atoms with Crippen LogP contribution in [-0.2, 0) is 17.1 Å². The van der Waals surface area contributed by atoms with Crippen LogP contribution in [0.3, 0.4) is 0 Å². The zero-order chi connectivity index (χ0) is 12.5. The highest BCUT2D eigenvalue weighted by molar-refractivity contribution is 7.89. The van der Waals surface area contributed by atoms with Crippen molar-refractivity contribution in [3.8, 4) is 0 Å². The molecule has 16 heavy (non-hydrogen) atoms. The normalized spacial score (nSPS) is 11.5. The summed E-state index contributed by atoms with van der Waals surface area (Å²) >= 11 is 0. The standard InChI is InChI=1S/C9H15N3O3S/c1-10-16(14,15)7-5-8(12(4)6-7)9(13)11(2)3/h5-6,10H,1-4H3. The third-order valence-corrected chi connectivity index (χ3v) is 3.57. The molecule has 0 saturated heterocycles. The summed E-state index contributed by atoms with van der Waals surface area (Å²) in [5.41, 5.74) is 0.332. The third kappa shape index (κ3) is 2.25. The minimum atomic E-state index is -3.50. The van der Waals surface area contributed by atoms with E-state index in [0.29, 0.717) is 5.69 Å². The number of aryl methyl sites for hydroxylation is 1. The number of nitrogens with one attached hydrogen (secondary N) is 1. The maximum absolute atomic E-state index is 11.7. The smallest absolute Gasteiger partial charge is 0.269 e. The predicted octanol–water partition coefficient (Wildman–Crippen LogP) is -0.365. The van der Waals surface area contributed by atoms with Gasteiger partial charge in [0.15, 0.2) is 0 Å². The molecule has 1 rings (SSSR count). The van der Waals surface area contributed by atoms with Crippen LogP contribution in [0.1, 0.15) is 10.5 Å². The number of carbonyl (C=O) groups is 1. The first-order valence-corrected chi connectivity index (χ1v) is 6.09. The highest BCUT2D eigenvalue weighted by Gasteiger charge is 2.19. The number of hydrogen-bond acceptors (Lipinski definition) is 3. The summed E-state index contributed by atoms with van der Waals surface area (Å²) in [5.74, 6) is -0.236. The van der Waals surface area contributed by atoms with Crippen molar-refractivity contribution in [3.63, 3.8) is 0 Å². The summed E-state index contributed by atoms with van der Waals surface area (Å²) in [5, 5.41) is 0. The van der Waals surface area contributed by atoms with Crippen molar-refractivity contribution in [1.82, 2.24) is 14.2 Å². The first kappa shape index (κ1) is 12.7. The lowest BCUT2D eigenvalue weighted by Crippen LogP contribution is -2.23. The Morgan fingerprint density at radius 3 is 2.44 bits per heavy atom. The minimum absolute atomic E-state index is 0.0858. The lowest BCUT2D eigenvalue weighted by molar-refractivity contribution is 0.0818. The van der Waals surface area contributed by atoms with E-state index in [1.807, 2.05) is 0 Å². The summed E-state index contributed by atoms with van der Waals surface area (Å²) in [6.45, 7) is 0. The van der Waals surface area contributed by atoms with Gasteiger partial charge in [-0.2, -0.15) is 0 Å². The van der Waals surface area contributed by atoms with E-state index in [9.17, 15) is 13.2 Å². The second kappa shape index (κ2) is 4.26. The molecule has 1 heterocycles. The number of rotatable bonds is 3. The quantitative estimate of drug-likeness (QED) is 0.790. The monoisotopic (exact) mass is 245 g/mol. The minimum Gasteiger partial charge on any atom is -0.345 e. The van der Waals surface area contributed by atoms with Crippen molar-refractivity contribution < 1.29 is 13.2 Å². The molecular formula is C9H15N3O3S. The summed E-state index contributed by atoms with van der Waals surface area (Å²) < 4.78 is 26.7. The van der Waals surface area contributed by atoms with E-state index in [4.69, 9.17) is 0 Å². The van der Waals surface area contributed by atoms with Crippen molar-refractivity contribution in [2.24, 2.45) is 7.05 Å². The molecule has 1 aromatic heterocycles. The Balaban J connectivity index is 3.24. The number of aromatic nitrogens is 1. The van der Waals surface area contributed by atoms with Crippen LogP contribution in [0.2, 0.25) is 0 Å². The lowest BCUT2D eigenvalue weighted by atomic mass is 10.4. The number of nitrogens with zero attached hydrogens (tertiary/aromatic N) is 2. The Morgan fingerprint density at radius 2 is 2.00 bits per heavy atom. The fourth-order valence-electron chi connectivity index (χ4n) is 1.24. The van der Waals surface area contributed by atoms with Gasteiger partial charge in [0.25, 0.3) is 5.91 Å². The zero-order valence-corrected chi connectivity index (χ0v) is 10.5. The van der Waals surface area contributed by atoms with Gasteiger partial charge >= 0.3 is 0 Å². The molecule has 0 bridgehead atoms. The zero-order valence-electron chi connectivity index (χ0n) is 9.68. The van der Waals surface area contributed by atoms with Gasteiger partial charge in [-0.1, -0.05) is 0 Å². The Kier molecular flexibility index (Phi) is 3.39. The van der Waals surface area contributed by atoms with Crippen LogP contribution >= 0.6 is 0 Å². The maximum Gasteiger partial charge on any atom is 0.269 e. The maximum atomic E-state index is 11.7. The summed E-state index contributed by atoms with van der Waals surface area (Å²) in [6.07, 6.45) is 1.41. The highest BCUT2D eigenvalue weighted by atomic mass is 32.2. The van der Waals surface area contributed by atoms with Crippen molar-refractivity contribution in [1.29, 1.82) is 0 Å². The van der Waals surface area contributed by atoms with Gasteiger partial charge in [-0.25, -0.2) is 13.1 Å². The van der Waals surface area contributed by atoms with Crippen LogP contribution in [0, 0.1) is 0 Å². The largest absolute Gasteiger partial charge is 0.345 e. The van der Waals surface area contributed by atoms with E-state index >= 15 is 0 Å². The van der Waals surface area contributed by atoms with Crippen molar-refractivity contribution in [2.75, 3.05) is 21.1 Å². The molecule has 0 unspecified atom stereocenters. The highest BCUT2D eigenvalue weighted by Crippen LogP contribution is 2.13. The number of sulfonamides is 1. The fourth-order valence-corrected chi connectivity index (χ4v) is 2.04. The van der Waals surface area contributed by atoms with Crippen LogP contribution in [0.15, 0.2) is 17.2 Å². The molecule has 0 radical (unpaired) electrons. The van der Waals surface area contributed by atoms with Gasteiger partial charge < -0.3 is 9.47 Å². The van der Waals surface area contributed by atoms with Crippen LogP contribution in [0.5, 0.6) is 0 Å². The van der Waals surface area contributed by atoms with Gasteiger partial charge in [0.1, 0.15) is 10.6 Å². The molecule has 0 fully saturated rings. The van der Waals surface area contributed by atoms with Crippen molar-refractivity contribution >= 4 is 15.9 Å². The SMILES string of the molecule is CNS(=O)(=O)c1cc(C(=O)N(C)C)n(C)c1. The Hall–Kier alpha value is -1.34. The molecule has 0 aromatic carbocycles. The number of carbonyl (C=O) groups excluding carboxylic acids is 1. The Bertz CT molecular complexity index is 502. The van der Waals surface area contributed by atoms with E-state index < -0.39 is 10.0 Å². The van der Waals surface area contributed by atoms with Crippen molar-refractivity contribution in [3.05, 3.63) is 18.0 Å². The molecule has 7 heteroatoms. The second-order valence-electron chi connectivity index (χ2n) is 3.58. The average Bonchev–Trinajstić information content (AvgIpc) is 2.59. The van der Waals surface area contributed by atoms with Gasteiger partial charge in [0.05, 0.1) is 0 Å². The van der Waals surface area contributed by atoms with E-state index in [0.717, 1.165) is 0 Å². The number of amides is 1. The molecule has 0 aliphatic heterocycles. The molecular weight excluding hydrogens is 230 g/mol. The topological polar surface area (TPSA) is 71.4 Å². The Morgan fingerprint density at radius 1 is 1.44 bits per heavy atom. The molecule has 0 aliphatic rings. The summed E-state index contributed by atoms with van der Waals surface area (Å²) in [4.78, 5) is 13.2. The third-order valence-electron chi connectivity index (χ3n) is 2.18. The summed E-state index contributed by atoms with van der Waals surface area (Å²) in [7, 11) is 2.68. The molecule has 0 aliphatic carbocycles. The lowest BCUT2D eigenvalue weighted by Gasteiger charge is -2.09. The van der Waals surface area contributed by atoms with Gasteiger partial charge in [0, 0.05) is 27.3 Å². The fraction of sp³-hybridized carbons (Fsp3) is 0.444. The molecule has 1 amide bonds. The molecule has 1 N–H and O–H groups in total. The van der Waals surface area contributed by atoms with Crippen LogP contribution in [0.4, 0.5) is 0 Å². The predicted molar refractivity (Wildman–Crippen MR) is 59.7 cm³/mol. The van der Waals surface area contributed by atoms with E-state index in [2.05, 4.69) is 4.72 Å². The average molecular weight is 245 g/mol. The molecule has 0 atom stereocenters. The Labute approximate surface area is 94.9 Å². The molecule has 0 spiro atoms. The van der Waals surface area contributed by atoms with Crippen LogP contribution in [-0.4, -0.2) is 44.9 Å². The molecule has 1 aromatic rings. The molecule has 0 saturated carbocycles. The van der Waals surface area contributed by atoms with Crippen molar-refractivity contribution in [2.45, 2.75) is 4.90 Å². The molecule has 90 valence electrons. The second-order valence-corrected chi connectivity index (χ2v) is 5.47. The van der Waals surface area contributed by atoms with Gasteiger partial charge in [0.2, 0.25) is 10.0 Å². The molecule has 6 nitrogen and oxygen atoms in total. The van der Waals surface area contributed by atoms with Gasteiger partial charge in [-0.3, -0.25) is 4.79 Å². The first-order chi connectivity index (χ1) is 7.29. The first-order valence-electron chi connectivity index (χ1n) is 4.61. The van der Waals surface area contributed by atoms with Crippen LogP contribution in [0.25, 0.3) is 0 Å². The van der Waals surface area contributed by atoms with Gasteiger partial charge in [-0.05, 0) is 13.1 Å². The van der Waals surface area contributed by atoms with E-state index in [1.165, 1.54) is 28.8 Å². The van der Waals surface area contributed by atoms with E-state index in [1.54, 1.807) is 21.1 Å². The van der Waals surface area contributed by atoms with Gasteiger partial charge in [-0.15, -0.1) is 0 Å². The summed E-state index contributed by atoms with van der Waals surface area (Å²) in [6, 6.07) is 1.36. The van der Waals surface area contributed by atoms with Crippen LogP contribution < -0.4 is 4.72 Å².